The van der Waals surface area contributed by atoms with E-state index in [9.17, 15) is 4.79 Å². The third kappa shape index (κ3) is 2.96. The highest BCUT2D eigenvalue weighted by Crippen LogP contribution is 2.28. The van der Waals surface area contributed by atoms with Gasteiger partial charge in [-0.3, -0.25) is 9.48 Å². The van der Waals surface area contributed by atoms with Gasteiger partial charge in [-0.25, -0.2) is 0 Å². The number of rotatable bonds is 5. The molecule has 1 amide bonds. The third-order valence-electron chi connectivity index (χ3n) is 3.40. The molecule has 0 aliphatic carbocycles. The predicted molar refractivity (Wildman–Crippen MR) is 69.7 cm³/mol. The van der Waals surface area contributed by atoms with Gasteiger partial charge in [0, 0.05) is 45.3 Å². The van der Waals surface area contributed by atoms with Crippen molar-refractivity contribution in [2.24, 2.45) is 7.05 Å². The molecule has 1 aromatic rings. The molecule has 106 valence electrons. The van der Waals surface area contributed by atoms with Crippen molar-refractivity contribution in [2.45, 2.75) is 19.4 Å². The molecule has 0 saturated heterocycles. The van der Waals surface area contributed by atoms with Gasteiger partial charge in [-0.05, 0) is 6.92 Å². The average Bonchev–Trinajstić information content (AvgIpc) is 2.78. The summed E-state index contributed by atoms with van der Waals surface area (Å²) >= 11 is 0. The van der Waals surface area contributed by atoms with E-state index in [4.69, 9.17) is 9.47 Å². The number of fused-ring (bicyclic) bond motifs is 1. The first-order chi connectivity index (χ1) is 9.17. The smallest absolute Gasteiger partial charge is 0.248 e. The zero-order valence-corrected chi connectivity index (χ0v) is 11.8. The molecule has 1 aromatic heterocycles. The van der Waals surface area contributed by atoms with Crippen LogP contribution in [-0.4, -0.2) is 54.1 Å². The summed E-state index contributed by atoms with van der Waals surface area (Å²) in [6.45, 7) is 4.65. The van der Waals surface area contributed by atoms with E-state index >= 15 is 0 Å². The Morgan fingerprint density at radius 1 is 1.58 bits per heavy atom. The van der Waals surface area contributed by atoms with Crippen LogP contribution in [0.2, 0.25) is 0 Å². The number of methoxy groups -OCH3 is 1. The predicted octanol–water partition coefficient (Wildman–Crippen LogP) is 0.529. The first-order valence-electron chi connectivity index (χ1n) is 6.52. The Balaban J connectivity index is 2.17. The van der Waals surface area contributed by atoms with Crippen molar-refractivity contribution in [3.05, 3.63) is 17.5 Å². The van der Waals surface area contributed by atoms with Gasteiger partial charge in [0.15, 0.2) is 0 Å². The summed E-state index contributed by atoms with van der Waals surface area (Å²) in [6.07, 6.45) is 1.83. The lowest BCUT2D eigenvalue weighted by molar-refractivity contribution is -0.136. The molecule has 6 nitrogen and oxygen atoms in total. The molecule has 19 heavy (non-hydrogen) atoms. The second-order valence-corrected chi connectivity index (χ2v) is 4.74. The van der Waals surface area contributed by atoms with Crippen molar-refractivity contribution >= 4 is 5.91 Å². The van der Waals surface area contributed by atoms with Crippen LogP contribution in [0.5, 0.6) is 0 Å². The third-order valence-corrected chi connectivity index (χ3v) is 3.40. The Bertz CT molecular complexity index is 444. The fourth-order valence-corrected chi connectivity index (χ4v) is 2.56. The van der Waals surface area contributed by atoms with Crippen LogP contribution in [0, 0.1) is 0 Å². The van der Waals surface area contributed by atoms with E-state index in [1.165, 1.54) is 12.8 Å². The zero-order chi connectivity index (χ0) is 13.8. The standard InChI is InChI=1S/C13H21N3O3/c1-4-19-8-11-7-16(12(17)9-18-3)6-10-5-14-15(2)13(10)11/h5,11H,4,6-9H2,1-3H3/t11-/m0/s1. The van der Waals surface area contributed by atoms with Gasteiger partial charge in [0.25, 0.3) is 0 Å². The molecule has 0 aromatic carbocycles. The monoisotopic (exact) mass is 267 g/mol. The van der Waals surface area contributed by atoms with Crippen LogP contribution < -0.4 is 0 Å². The number of carbonyl (C=O) groups excluding carboxylic acids is 1. The van der Waals surface area contributed by atoms with Crippen molar-refractivity contribution in [3.8, 4) is 0 Å². The highest BCUT2D eigenvalue weighted by atomic mass is 16.5. The maximum absolute atomic E-state index is 12.0. The van der Waals surface area contributed by atoms with Gasteiger partial charge in [0.05, 0.1) is 18.5 Å². The Kier molecular flexibility index (Phi) is 4.55. The zero-order valence-electron chi connectivity index (χ0n) is 11.8. The molecule has 0 spiro atoms. The minimum Gasteiger partial charge on any atom is -0.381 e. The maximum Gasteiger partial charge on any atom is 0.248 e. The molecular weight excluding hydrogens is 246 g/mol. The minimum atomic E-state index is 0.0125. The van der Waals surface area contributed by atoms with Gasteiger partial charge in [0.1, 0.15) is 6.61 Å². The number of aryl methyl sites for hydroxylation is 1. The number of hydrogen-bond acceptors (Lipinski definition) is 4. The van der Waals surface area contributed by atoms with E-state index in [1.54, 1.807) is 0 Å². The lowest BCUT2D eigenvalue weighted by Crippen LogP contribution is -2.41. The molecule has 2 heterocycles. The lowest BCUT2D eigenvalue weighted by Gasteiger charge is -2.33. The second kappa shape index (κ2) is 6.16. The molecule has 0 bridgehead atoms. The number of amides is 1. The van der Waals surface area contributed by atoms with Crippen LogP contribution in [0.15, 0.2) is 6.20 Å². The molecule has 0 N–H and O–H groups in total. The van der Waals surface area contributed by atoms with Crippen LogP contribution in [0.25, 0.3) is 0 Å². The Morgan fingerprint density at radius 2 is 2.37 bits per heavy atom. The van der Waals surface area contributed by atoms with Gasteiger partial charge in [-0.1, -0.05) is 0 Å². The summed E-state index contributed by atoms with van der Waals surface area (Å²) in [5, 5.41) is 4.29. The van der Waals surface area contributed by atoms with E-state index in [1.807, 2.05) is 29.7 Å². The summed E-state index contributed by atoms with van der Waals surface area (Å²) < 4.78 is 12.3. The summed E-state index contributed by atoms with van der Waals surface area (Å²) in [4.78, 5) is 13.8. The number of ether oxygens (including phenoxy) is 2. The maximum atomic E-state index is 12.0. The summed E-state index contributed by atoms with van der Waals surface area (Å²) in [5.41, 5.74) is 2.28. The summed E-state index contributed by atoms with van der Waals surface area (Å²) in [5.74, 6) is 0.190. The van der Waals surface area contributed by atoms with E-state index in [2.05, 4.69) is 5.10 Å². The second-order valence-electron chi connectivity index (χ2n) is 4.74. The van der Waals surface area contributed by atoms with Crippen molar-refractivity contribution in [3.63, 3.8) is 0 Å². The van der Waals surface area contributed by atoms with Crippen LogP contribution in [0.3, 0.4) is 0 Å². The molecule has 1 aliphatic heterocycles. The molecule has 0 fully saturated rings. The van der Waals surface area contributed by atoms with Crippen molar-refractivity contribution in [1.29, 1.82) is 0 Å². The largest absolute Gasteiger partial charge is 0.381 e. The van der Waals surface area contributed by atoms with E-state index in [-0.39, 0.29) is 18.4 Å². The van der Waals surface area contributed by atoms with Crippen LogP contribution >= 0.6 is 0 Å². The number of nitrogens with zero attached hydrogens (tertiary/aromatic N) is 3. The van der Waals surface area contributed by atoms with E-state index in [0.29, 0.717) is 26.3 Å². The Morgan fingerprint density at radius 3 is 3.05 bits per heavy atom. The van der Waals surface area contributed by atoms with Crippen LogP contribution in [0.4, 0.5) is 0 Å². The molecule has 0 unspecified atom stereocenters. The topological polar surface area (TPSA) is 56.6 Å². The molecule has 1 atom stereocenters. The fourth-order valence-electron chi connectivity index (χ4n) is 2.56. The van der Waals surface area contributed by atoms with Gasteiger partial charge in [-0.15, -0.1) is 0 Å². The lowest BCUT2D eigenvalue weighted by atomic mass is 9.97. The number of hydrogen-bond donors (Lipinski definition) is 0. The van der Waals surface area contributed by atoms with Crippen LogP contribution in [0.1, 0.15) is 24.1 Å². The Hall–Kier alpha value is -1.40. The SMILES string of the molecule is CCOC[C@@H]1CN(C(=O)COC)Cc2cnn(C)c21. The fraction of sp³-hybridized carbons (Fsp3) is 0.692. The molecule has 1 aliphatic rings. The van der Waals surface area contributed by atoms with Crippen molar-refractivity contribution in [2.75, 3.05) is 33.5 Å². The minimum absolute atomic E-state index is 0.0125. The molecule has 6 heteroatoms. The average molecular weight is 267 g/mol. The van der Waals surface area contributed by atoms with Crippen LogP contribution in [-0.2, 0) is 27.9 Å². The molecule has 0 radical (unpaired) electrons. The normalized spacial score (nSPS) is 18.5. The van der Waals surface area contributed by atoms with Crippen molar-refractivity contribution < 1.29 is 14.3 Å². The van der Waals surface area contributed by atoms with Gasteiger partial charge in [-0.2, -0.15) is 5.10 Å². The van der Waals surface area contributed by atoms with E-state index in [0.717, 1.165) is 5.56 Å². The molecular formula is C13H21N3O3. The first-order valence-corrected chi connectivity index (χ1v) is 6.52. The van der Waals surface area contributed by atoms with Gasteiger partial charge >= 0.3 is 0 Å². The quantitative estimate of drug-likeness (QED) is 0.781. The molecule has 0 saturated carbocycles. The highest BCUT2D eigenvalue weighted by molar-refractivity contribution is 5.77. The first kappa shape index (κ1) is 14.0. The van der Waals surface area contributed by atoms with Gasteiger partial charge in [0.2, 0.25) is 5.91 Å². The summed E-state index contributed by atoms with van der Waals surface area (Å²) in [7, 11) is 3.47. The number of carbonyl (C=O) groups is 1. The van der Waals surface area contributed by atoms with Gasteiger partial charge < -0.3 is 14.4 Å². The van der Waals surface area contributed by atoms with E-state index < -0.39 is 0 Å². The Labute approximate surface area is 113 Å². The molecule has 2 rings (SSSR count). The summed E-state index contributed by atoms with van der Waals surface area (Å²) in [6, 6.07) is 0. The van der Waals surface area contributed by atoms with Crippen molar-refractivity contribution in [1.82, 2.24) is 14.7 Å². The highest BCUT2D eigenvalue weighted by Gasteiger charge is 2.30. The number of aromatic nitrogens is 2.